The number of benzene rings is 2. The van der Waals surface area contributed by atoms with Crippen LogP contribution in [0.5, 0.6) is 0 Å². The highest BCUT2D eigenvalue weighted by atomic mass is 32.2. The lowest BCUT2D eigenvalue weighted by Gasteiger charge is -2.29. The van der Waals surface area contributed by atoms with E-state index in [1.165, 1.54) is 24.0 Å². The largest absolute Gasteiger partial charge is 0.376 e. The van der Waals surface area contributed by atoms with E-state index in [4.69, 9.17) is 0 Å². The minimum atomic E-state index is -3.50. The van der Waals surface area contributed by atoms with E-state index in [2.05, 4.69) is 11.4 Å². The van der Waals surface area contributed by atoms with Crippen LogP contribution in [0.1, 0.15) is 12.0 Å². The van der Waals surface area contributed by atoms with Gasteiger partial charge in [0.15, 0.2) is 0 Å². The van der Waals surface area contributed by atoms with Crippen molar-refractivity contribution in [1.82, 2.24) is 4.31 Å². The van der Waals surface area contributed by atoms with Crippen LogP contribution in [0, 0.1) is 0 Å². The summed E-state index contributed by atoms with van der Waals surface area (Å²) in [6.45, 7) is 0.812. The lowest BCUT2D eigenvalue weighted by atomic mass is 10.0. The molecule has 1 N–H and O–H groups in total. The van der Waals surface area contributed by atoms with Crippen molar-refractivity contribution in [1.29, 1.82) is 0 Å². The number of amides is 1. The first-order chi connectivity index (χ1) is 12.4. The number of hydrogen-bond acceptors (Lipinski definition) is 4. The zero-order chi connectivity index (χ0) is 18.7. The third-order valence-corrected chi connectivity index (χ3v) is 6.28. The first-order valence-electron chi connectivity index (χ1n) is 8.54. The van der Waals surface area contributed by atoms with E-state index in [0.29, 0.717) is 12.2 Å². The van der Waals surface area contributed by atoms with Crippen LogP contribution in [-0.2, 0) is 21.2 Å². The molecular formula is C19H23N3O3S. The molecule has 0 unspecified atom stereocenters. The third kappa shape index (κ3) is 3.73. The zero-order valence-corrected chi connectivity index (χ0v) is 15.8. The lowest BCUT2D eigenvalue weighted by Crippen LogP contribution is -2.39. The molecule has 1 aliphatic heterocycles. The molecule has 7 heteroatoms. The summed E-state index contributed by atoms with van der Waals surface area (Å²) in [6, 6.07) is 14.5. The topological polar surface area (TPSA) is 69.7 Å². The molecule has 0 aliphatic carbocycles. The van der Waals surface area contributed by atoms with E-state index >= 15 is 0 Å². The van der Waals surface area contributed by atoms with E-state index in [1.807, 2.05) is 18.2 Å². The standard InChI is InChI=1S/C19H23N3O3S/c1-21(2)26(24,25)17-10-5-9-16(13-17)20-14-19(23)22-12-6-8-15-7-3-4-11-18(15)22/h3-5,7,9-11,13,20H,6,8,12,14H2,1-2H3. The van der Waals surface area contributed by atoms with E-state index < -0.39 is 10.0 Å². The Hall–Kier alpha value is -2.38. The van der Waals surface area contributed by atoms with Gasteiger partial charge in [-0.3, -0.25) is 4.79 Å². The lowest BCUT2D eigenvalue weighted by molar-refractivity contribution is -0.117. The zero-order valence-electron chi connectivity index (χ0n) is 15.0. The summed E-state index contributed by atoms with van der Waals surface area (Å²) < 4.78 is 25.6. The Morgan fingerprint density at radius 3 is 2.69 bits per heavy atom. The van der Waals surface area contributed by atoms with Crippen molar-refractivity contribution in [3.05, 3.63) is 54.1 Å². The smallest absolute Gasteiger partial charge is 0.246 e. The van der Waals surface area contributed by atoms with Crippen LogP contribution in [0.2, 0.25) is 0 Å². The molecule has 0 spiro atoms. The number of para-hydroxylation sites is 1. The number of fused-ring (bicyclic) bond motifs is 1. The molecule has 0 radical (unpaired) electrons. The van der Waals surface area contributed by atoms with Gasteiger partial charge in [0.25, 0.3) is 0 Å². The monoisotopic (exact) mass is 373 g/mol. The van der Waals surface area contributed by atoms with Crippen molar-refractivity contribution in [2.24, 2.45) is 0 Å². The van der Waals surface area contributed by atoms with Gasteiger partial charge >= 0.3 is 0 Å². The predicted octanol–water partition coefficient (Wildman–Crippen LogP) is 2.33. The van der Waals surface area contributed by atoms with Crippen LogP contribution in [-0.4, -0.2) is 45.8 Å². The Labute approximate surface area is 154 Å². The quantitative estimate of drug-likeness (QED) is 0.873. The van der Waals surface area contributed by atoms with Crippen molar-refractivity contribution in [2.75, 3.05) is 37.4 Å². The van der Waals surface area contributed by atoms with Gasteiger partial charge in [-0.2, -0.15) is 0 Å². The van der Waals surface area contributed by atoms with E-state index in [9.17, 15) is 13.2 Å². The molecule has 0 saturated heterocycles. The number of nitrogens with zero attached hydrogens (tertiary/aromatic N) is 2. The van der Waals surface area contributed by atoms with E-state index in [0.717, 1.165) is 18.5 Å². The van der Waals surface area contributed by atoms with Gasteiger partial charge in [0.05, 0.1) is 11.4 Å². The van der Waals surface area contributed by atoms with Gasteiger partial charge in [-0.1, -0.05) is 24.3 Å². The molecule has 6 nitrogen and oxygen atoms in total. The highest BCUT2D eigenvalue weighted by molar-refractivity contribution is 7.89. The van der Waals surface area contributed by atoms with Crippen LogP contribution in [0.25, 0.3) is 0 Å². The van der Waals surface area contributed by atoms with Gasteiger partial charge in [0.1, 0.15) is 0 Å². The normalized spacial score (nSPS) is 14.2. The first kappa shape index (κ1) is 18.4. The molecule has 0 fully saturated rings. The van der Waals surface area contributed by atoms with Gasteiger partial charge in [-0.15, -0.1) is 0 Å². The summed E-state index contributed by atoms with van der Waals surface area (Å²) in [7, 11) is -0.515. The Morgan fingerprint density at radius 1 is 1.15 bits per heavy atom. The van der Waals surface area contributed by atoms with Gasteiger partial charge in [0.2, 0.25) is 15.9 Å². The predicted molar refractivity (Wildman–Crippen MR) is 103 cm³/mol. The molecular weight excluding hydrogens is 350 g/mol. The maximum atomic E-state index is 12.7. The summed E-state index contributed by atoms with van der Waals surface area (Å²) in [4.78, 5) is 14.7. The molecule has 2 aromatic rings. The highest BCUT2D eigenvalue weighted by Gasteiger charge is 2.22. The first-order valence-corrected chi connectivity index (χ1v) is 9.98. The summed E-state index contributed by atoms with van der Waals surface area (Å²) >= 11 is 0. The minimum absolute atomic E-state index is 0.0296. The summed E-state index contributed by atoms with van der Waals surface area (Å²) in [6.07, 6.45) is 1.93. The fourth-order valence-corrected chi connectivity index (χ4v) is 3.99. The van der Waals surface area contributed by atoms with Crippen molar-refractivity contribution in [3.8, 4) is 0 Å². The number of sulfonamides is 1. The summed E-state index contributed by atoms with van der Waals surface area (Å²) in [5.74, 6) is -0.0296. The highest BCUT2D eigenvalue weighted by Crippen LogP contribution is 2.26. The second kappa shape index (κ2) is 7.47. The second-order valence-electron chi connectivity index (χ2n) is 6.45. The fourth-order valence-electron chi connectivity index (χ4n) is 3.04. The number of rotatable bonds is 5. The Balaban J connectivity index is 1.72. The third-order valence-electron chi connectivity index (χ3n) is 4.47. The van der Waals surface area contributed by atoms with Crippen LogP contribution in [0.4, 0.5) is 11.4 Å². The average Bonchev–Trinajstić information content (AvgIpc) is 2.65. The van der Waals surface area contributed by atoms with Crippen molar-refractivity contribution in [2.45, 2.75) is 17.7 Å². The van der Waals surface area contributed by atoms with Gasteiger partial charge in [-0.25, -0.2) is 12.7 Å². The molecule has 0 aromatic heterocycles. The van der Waals surface area contributed by atoms with Crippen molar-refractivity contribution in [3.63, 3.8) is 0 Å². The number of nitrogens with one attached hydrogen (secondary N) is 1. The number of hydrogen-bond donors (Lipinski definition) is 1. The number of carbonyl (C=O) groups excluding carboxylic acids is 1. The van der Waals surface area contributed by atoms with E-state index in [-0.39, 0.29) is 17.3 Å². The molecule has 3 rings (SSSR count). The van der Waals surface area contributed by atoms with Crippen LogP contribution >= 0.6 is 0 Å². The minimum Gasteiger partial charge on any atom is -0.376 e. The number of carbonyl (C=O) groups is 1. The molecule has 1 amide bonds. The molecule has 1 aliphatic rings. The molecule has 26 heavy (non-hydrogen) atoms. The fraction of sp³-hybridized carbons (Fsp3) is 0.316. The number of anilines is 2. The van der Waals surface area contributed by atoms with Crippen molar-refractivity contribution < 1.29 is 13.2 Å². The maximum absolute atomic E-state index is 12.7. The Morgan fingerprint density at radius 2 is 1.92 bits per heavy atom. The molecule has 0 bridgehead atoms. The molecule has 1 heterocycles. The average molecular weight is 373 g/mol. The SMILES string of the molecule is CN(C)S(=O)(=O)c1cccc(NCC(=O)N2CCCc3ccccc32)c1. The molecule has 138 valence electrons. The van der Waals surface area contributed by atoms with Crippen LogP contribution < -0.4 is 10.2 Å². The Bertz CT molecular complexity index is 910. The summed E-state index contributed by atoms with van der Waals surface area (Å²) in [5.41, 5.74) is 2.76. The summed E-state index contributed by atoms with van der Waals surface area (Å²) in [5, 5.41) is 3.05. The molecule has 2 aromatic carbocycles. The Kier molecular flexibility index (Phi) is 5.29. The molecule has 0 saturated carbocycles. The van der Waals surface area contributed by atoms with Crippen LogP contribution in [0.3, 0.4) is 0 Å². The van der Waals surface area contributed by atoms with Gasteiger partial charge in [0, 0.05) is 32.0 Å². The van der Waals surface area contributed by atoms with Crippen LogP contribution in [0.15, 0.2) is 53.4 Å². The maximum Gasteiger partial charge on any atom is 0.246 e. The second-order valence-corrected chi connectivity index (χ2v) is 8.60. The van der Waals surface area contributed by atoms with E-state index in [1.54, 1.807) is 29.2 Å². The van der Waals surface area contributed by atoms with Crippen molar-refractivity contribution >= 4 is 27.3 Å². The van der Waals surface area contributed by atoms with Gasteiger partial charge < -0.3 is 10.2 Å². The number of aryl methyl sites for hydroxylation is 1. The van der Waals surface area contributed by atoms with Gasteiger partial charge in [-0.05, 0) is 42.7 Å². The molecule has 0 atom stereocenters.